The molecule has 0 aromatic carbocycles. The minimum absolute atomic E-state index is 0.0360. The molecule has 1 fully saturated rings. The Labute approximate surface area is 103 Å². The van der Waals surface area contributed by atoms with E-state index in [2.05, 4.69) is 11.4 Å². The maximum absolute atomic E-state index is 11.9. The average Bonchev–Trinajstić information content (AvgIpc) is 2.37. The van der Waals surface area contributed by atoms with Crippen LogP contribution in [-0.4, -0.2) is 24.2 Å². The fourth-order valence-corrected chi connectivity index (χ4v) is 2.11. The van der Waals surface area contributed by atoms with Crippen molar-refractivity contribution in [2.75, 3.05) is 6.61 Å². The highest BCUT2D eigenvalue weighted by Gasteiger charge is 2.29. The van der Waals surface area contributed by atoms with E-state index in [1.807, 2.05) is 13.8 Å². The summed E-state index contributed by atoms with van der Waals surface area (Å²) in [6.45, 7) is 4.59. The fourth-order valence-electron chi connectivity index (χ4n) is 2.11. The quantitative estimate of drug-likeness (QED) is 0.798. The molecule has 4 heteroatoms. The monoisotopic (exact) mass is 238 g/mol. The third-order valence-corrected chi connectivity index (χ3v) is 3.49. The van der Waals surface area contributed by atoms with E-state index in [1.54, 1.807) is 0 Å². The van der Waals surface area contributed by atoms with Crippen molar-refractivity contribution in [3.05, 3.63) is 0 Å². The van der Waals surface area contributed by atoms with Crippen LogP contribution in [0.2, 0.25) is 0 Å². The highest BCUT2D eigenvalue weighted by molar-refractivity contribution is 5.77. The highest BCUT2D eigenvalue weighted by Crippen LogP contribution is 2.18. The molecular weight excluding hydrogens is 216 g/mol. The zero-order valence-corrected chi connectivity index (χ0v) is 10.8. The molecule has 0 bridgehead atoms. The summed E-state index contributed by atoms with van der Waals surface area (Å²) in [5.41, 5.74) is -0.703. The summed E-state index contributed by atoms with van der Waals surface area (Å²) in [6.07, 6.45) is 4.85. The van der Waals surface area contributed by atoms with Gasteiger partial charge >= 0.3 is 0 Å². The Kier molecular flexibility index (Phi) is 5.43. The molecule has 1 unspecified atom stereocenters. The van der Waals surface area contributed by atoms with Gasteiger partial charge in [-0.2, -0.15) is 5.26 Å². The molecule has 1 aliphatic heterocycles. The van der Waals surface area contributed by atoms with Gasteiger partial charge in [-0.05, 0) is 32.1 Å². The van der Waals surface area contributed by atoms with Gasteiger partial charge in [-0.15, -0.1) is 0 Å². The molecule has 1 atom stereocenters. The molecular formula is C13H22N2O2. The topological polar surface area (TPSA) is 62.1 Å². The van der Waals surface area contributed by atoms with E-state index in [1.165, 1.54) is 0 Å². The highest BCUT2D eigenvalue weighted by atomic mass is 16.5. The summed E-state index contributed by atoms with van der Waals surface area (Å²) in [5, 5.41) is 12.0. The second kappa shape index (κ2) is 6.61. The van der Waals surface area contributed by atoms with Gasteiger partial charge in [0.2, 0.25) is 5.91 Å². The van der Waals surface area contributed by atoms with Crippen LogP contribution in [-0.2, 0) is 9.53 Å². The normalized spacial score (nSPS) is 20.6. The van der Waals surface area contributed by atoms with Gasteiger partial charge in [0, 0.05) is 6.61 Å². The lowest BCUT2D eigenvalue weighted by Crippen LogP contribution is -2.47. The number of ether oxygens (including phenoxy) is 1. The molecule has 1 saturated heterocycles. The van der Waals surface area contributed by atoms with Crippen LogP contribution in [0.3, 0.4) is 0 Å². The fraction of sp³-hybridized carbons (Fsp3) is 0.846. The average molecular weight is 238 g/mol. The van der Waals surface area contributed by atoms with Crippen molar-refractivity contribution in [2.45, 2.75) is 64.0 Å². The number of rotatable bonds is 5. The van der Waals surface area contributed by atoms with E-state index in [9.17, 15) is 4.79 Å². The summed E-state index contributed by atoms with van der Waals surface area (Å²) in [5.74, 6) is -0.0675. The maximum atomic E-state index is 11.9. The van der Waals surface area contributed by atoms with E-state index in [0.29, 0.717) is 19.3 Å². The summed E-state index contributed by atoms with van der Waals surface area (Å²) in [4.78, 5) is 11.9. The molecule has 0 aromatic rings. The smallest absolute Gasteiger partial charge is 0.223 e. The van der Waals surface area contributed by atoms with Crippen LogP contribution < -0.4 is 5.32 Å². The van der Waals surface area contributed by atoms with Crippen LogP contribution >= 0.6 is 0 Å². The Hall–Kier alpha value is -1.08. The predicted octanol–water partition coefficient (Wildman–Crippen LogP) is 2.14. The van der Waals surface area contributed by atoms with Crippen LogP contribution in [0.4, 0.5) is 0 Å². The first kappa shape index (κ1) is 14.0. The van der Waals surface area contributed by atoms with Crippen molar-refractivity contribution >= 4 is 5.91 Å². The van der Waals surface area contributed by atoms with E-state index in [4.69, 9.17) is 10.00 Å². The van der Waals surface area contributed by atoms with Gasteiger partial charge in [0.05, 0.1) is 18.6 Å². The van der Waals surface area contributed by atoms with Gasteiger partial charge in [-0.25, -0.2) is 0 Å². The van der Waals surface area contributed by atoms with Crippen LogP contribution in [0.25, 0.3) is 0 Å². The second-order valence-electron chi connectivity index (χ2n) is 4.64. The Morgan fingerprint density at radius 2 is 2.18 bits per heavy atom. The van der Waals surface area contributed by atoms with E-state index >= 15 is 0 Å². The summed E-state index contributed by atoms with van der Waals surface area (Å²) in [6, 6.07) is 2.21. The molecule has 1 aliphatic rings. The largest absolute Gasteiger partial charge is 0.378 e. The molecule has 0 aliphatic carbocycles. The molecule has 1 rings (SSSR count). The lowest BCUT2D eigenvalue weighted by atomic mass is 9.94. The van der Waals surface area contributed by atoms with E-state index in [0.717, 1.165) is 25.9 Å². The summed E-state index contributed by atoms with van der Waals surface area (Å²) < 4.78 is 5.52. The Balaban J connectivity index is 2.45. The lowest BCUT2D eigenvalue weighted by molar-refractivity contribution is -0.126. The van der Waals surface area contributed by atoms with Gasteiger partial charge in [0.25, 0.3) is 0 Å². The molecule has 96 valence electrons. The molecule has 17 heavy (non-hydrogen) atoms. The molecule has 0 spiro atoms. The third-order valence-electron chi connectivity index (χ3n) is 3.49. The molecule has 0 radical (unpaired) electrons. The number of carbonyl (C=O) groups is 1. The first-order valence-corrected chi connectivity index (χ1v) is 6.49. The number of nitrogens with zero attached hydrogens (tertiary/aromatic N) is 1. The Morgan fingerprint density at radius 3 is 2.65 bits per heavy atom. The van der Waals surface area contributed by atoms with Gasteiger partial charge < -0.3 is 10.1 Å². The van der Waals surface area contributed by atoms with Crippen molar-refractivity contribution < 1.29 is 9.53 Å². The standard InChI is InChI=1S/C13H22N2O2/c1-3-13(4-2,10-14)15-12(16)9-11-7-5-6-8-17-11/h11H,3-9H2,1-2H3,(H,15,16). The molecule has 0 saturated carbocycles. The zero-order valence-electron chi connectivity index (χ0n) is 10.8. The molecule has 0 aromatic heterocycles. The van der Waals surface area contributed by atoms with Crippen LogP contribution in [0.1, 0.15) is 52.4 Å². The van der Waals surface area contributed by atoms with Gasteiger partial charge in [-0.1, -0.05) is 13.8 Å². The van der Waals surface area contributed by atoms with Gasteiger partial charge in [0.15, 0.2) is 0 Å². The molecule has 4 nitrogen and oxygen atoms in total. The Bertz CT molecular complexity index is 286. The molecule has 1 amide bonds. The predicted molar refractivity (Wildman–Crippen MR) is 65.3 cm³/mol. The molecule has 1 heterocycles. The van der Waals surface area contributed by atoms with E-state index in [-0.39, 0.29) is 12.0 Å². The van der Waals surface area contributed by atoms with Gasteiger partial charge in [0.1, 0.15) is 5.54 Å². The van der Waals surface area contributed by atoms with Gasteiger partial charge in [-0.3, -0.25) is 4.79 Å². The number of nitrogens with one attached hydrogen (secondary N) is 1. The van der Waals surface area contributed by atoms with Crippen LogP contribution in [0, 0.1) is 11.3 Å². The Morgan fingerprint density at radius 1 is 1.47 bits per heavy atom. The number of carbonyl (C=O) groups excluding carboxylic acids is 1. The maximum Gasteiger partial charge on any atom is 0.223 e. The van der Waals surface area contributed by atoms with Crippen molar-refractivity contribution in [2.24, 2.45) is 0 Å². The van der Waals surface area contributed by atoms with Crippen molar-refractivity contribution in [1.29, 1.82) is 5.26 Å². The van der Waals surface area contributed by atoms with Crippen molar-refractivity contribution in [3.63, 3.8) is 0 Å². The third kappa shape index (κ3) is 4.01. The number of hydrogen-bond acceptors (Lipinski definition) is 3. The first-order chi connectivity index (χ1) is 8.15. The zero-order chi connectivity index (χ0) is 12.7. The number of amides is 1. The molecule has 1 N–H and O–H groups in total. The number of hydrogen-bond donors (Lipinski definition) is 1. The lowest BCUT2D eigenvalue weighted by Gasteiger charge is -2.27. The summed E-state index contributed by atoms with van der Waals surface area (Å²) >= 11 is 0. The van der Waals surface area contributed by atoms with Crippen molar-refractivity contribution in [1.82, 2.24) is 5.32 Å². The van der Waals surface area contributed by atoms with Crippen molar-refractivity contribution in [3.8, 4) is 6.07 Å². The first-order valence-electron chi connectivity index (χ1n) is 6.49. The minimum atomic E-state index is -0.703. The van der Waals surface area contributed by atoms with Crippen LogP contribution in [0.15, 0.2) is 0 Å². The van der Waals surface area contributed by atoms with E-state index < -0.39 is 5.54 Å². The second-order valence-corrected chi connectivity index (χ2v) is 4.64. The number of nitriles is 1. The van der Waals surface area contributed by atoms with Crippen LogP contribution in [0.5, 0.6) is 0 Å². The summed E-state index contributed by atoms with van der Waals surface area (Å²) in [7, 11) is 0. The minimum Gasteiger partial charge on any atom is -0.378 e. The SMILES string of the molecule is CCC(C#N)(CC)NC(=O)CC1CCCCO1.